The van der Waals surface area contributed by atoms with Gasteiger partial charge in [-0.15, -0.1) is 0 Å². The van der Waals surface area contributed by atoms with E-state index in [0.29, 0.717) is 0 Å². The highest BCUT2D eigenvalue weighted by Gasteiger charge is 2.15. The molecule has 0 saturated carbocycles. The first-order valence-corrected chi connectivity index (χ1v) is 19.6. The van der Waals surface area contributed by atoms with Crippen LogP contribution in [0.5, 0.6) is 0 Å². The van der Waals surface area contributed by atoms with Gasteiger partial charge in [-0.05, 0) is 36.8 Å². The fraction of sp³-hybridized carbons (Fsp3) is 0.533. The summed E-state index contributed by atoms with van der Waals surface area (Å²) in [7, 11) is 0. The molecule has 0 amide bonds. The molecule has 1 heterocycles. The third kappa shape index (κ3) is 13.5. The molecule has 0 unspecified atom stereocenters. The minimum absolute atomic E-state index is 0.930. The highest BCUT2D eigenvalue weighted by molar-refractivity contribution is 5.81. The third-order valence-corrected chi connectivity index (χ3v) is 9.86. The number of benzene rings is 3. The first-order valence-electron chi connectivity index (χ1n) is 19.6. The van der Waals surface area contributed by atoms with Gasteiger partial charge in [-0.1, -0.05) is 208 Å². The van der Waals surface area contributed by atoms with E-state index in [4.69, 9.17) is 4.98 Å². The quantitative estimate of drug-likeness (QED) is 0.0724. The summed E-state index contributed by atoms with van der Waals surface area (Å²) >= 11 is 0. The normalized spacial score (nSPS) is 11.4. The van der Waals surface area contributed by atoms with E-state index in [2.05, 4.69) is 97.7 Å². The van der Waals surface area contributed by atoms with Crippen LogP contribution in [0.4, 0.5) is 0 Å². The minimum Gasteiger partial charge on any atom is -0.337 e. The number of nitrogens with one attached hydrogen (secondary N) is 1. The van der Waals surface area contributed by atoms with Crippen LogP contribution in [0.25, 0.3) is 33.9 Å². The Morgan fingerprint density at radius 2 is 0.809 bits per heavy atom. The van der Waals surface area contributed by atoms with E-state index >= 15 is 0 Å². The zero-order valence-corrected chi connectivity index (χ0v) is 30.0. The summed E-state index contributed by atoms with van der Waals surface area (Å²) in [6, 6.07) is 28.9. The highest BCUT2D eigenvalue weighted by atomic mass is 14.9. The van der Waals surface area contributed by atoms with Crippen LogP contribution >= 0.6 is 0 Å². The Bertz CT molecular complexity index is 1250. The first-order chi connectivity index (χ1) is 23.3. The zero-order chi connectivity index (χ0) is 32.8. The molecule has 47 heavy (non-hydrogen) atoms. The van der Waals surface area contributed by atoms with Gasteiger partial charge in [-0.25, -0.2) is 4.98 Å². The molecule has 0 aliphatic rings. The Balaban J connectivity index is 1.29. The lowest BCUT2D eigenvalue weighted by molar-refractivity contribution is 0.556. The van der Waals surface area contributed by atoms with Gasteiger partial charge < -0.3 is 4.98 Å². The molecule has 2 heteroatoms. The van der Waals surface area contributed by atoms with Crippen LogP contribution in [0.2, 0.25) is 0 Å². The molecule has 4 rings (SSSR count). The zero-order valence-electron chi connectivity index (χ0n) is 30.0. The lowest BCUT2D eigenvalue weighted by Crippen LogP contribution is -1.90. The van der Waals surface area contributed by atoms with Gasteiger partial charge in [0.15, 0.2) is 0 Å². The maximum atomic E-state index is 5.16. The van der Waals surface area contributed by atoms with Crippen LogP contribution in [-0.2, 0) is 12.8 Å². The number of rotatable bonds is 25. The monoisotopic (exact) mass is 633 g/mol. The molecule has 0 atom stereocenters. The smallest absolute Gasteiger partial charge is 0.138 e. The van der Waals surface area contributed by atoms with Gasteiger partial charge in [-0.3, -0.25) is 0 Å². The number of aryl methyl sites for hydroxylation is 2. The summed E-state index contributed by atoms with van der Waals surface area (Å²) in [5, 5.41) is 0. The summed E-state index contributed by atoms with van der Waals surface area (Å²) in [5.74, 6) is 0.930. The topological polar surface area (TPSA) is 28.7 Å². The predicted molar refractivity (Wildman–Crippen MR) is 206 cm³/mol. The van der Waals surface area contributed by atoms with Crippen LogP contribution in [0.3, 0.4) is 0 Å². The van der Waals surface area contributed by atoms with Gasteiger partial charge in [0.2, 0.25) is 0 Å². The number of hydrogen-bond donors (Lipinski definition) is 1. The number of aromatic amines is 1. The molecular formula is C45H64N2. The molecule has 2 nitrogen and oxygen atoms in total. The van der Waals surface area contributed by atoms with Crippen molar-refractivity contribution in [3.63, 3.8) is 0 Å². The Morgan fingerprint density at radius 3 is 1.26 bits per heavy atom. The van der Waals surface area contributed by atoms with Crippen molar-refractivity contribution in [1.82, 2.24) is 9.97 Å². The molecule has 3 aromatic carbocycles. The molecule has 0 bridgehead atoms. The Labute approximate surface area is 288 Å². The Hall–Kier alpha value is -3.13. The van der Waals surface area contributed by atoms with Gasteiger partial charge in [-0.2, -0.15) is 0 Å². The van der Waals surface area contributed by atoms with Gasteiger partial charge in [0.05, 0.1) is 11.4 Å². The molecule has 0 radical (unpaired) electrons. The molecule has 0 aliphatic heterocycles. The van der Waals surface area contributed by atoms with Crippen LogP contribution in [0, 0.1) is 0 Å². The largest absolute Gasteiger partial charge is 0.337 e. The van der Waals surface area contributed by atoms with Crippen molar-refractivity contribution in [1.29, 1.82) is 0 Å². The Kier molecular flexibility index (Phi) is 17.5. The van der Waals surface area contributed by atoms with Crippen molar-refractivity contribution < 1.29 is 0 Å². The number of H-pyrrole nitrogens is 1. The van der Waals surface area contributed by atoms with Crippen molar-refractivity contribution in [2.75, 3.05) is 0 Å². The molecule has 0 saturated heterocycles. The van der Waals surface area contributed by atoms with Crippen molar-refractivity contribution in [2.24, 2.45) is 0 Å². The summed E-state index contributed by atoms with van der Waals surface area (Å²) < 4.78 is 0. The van der Waals surface area contributed by atoms with Crippen LogP contribution in [-0.4, -0.2) is 9.97 Å². The molecule has 254 valence electrons. The van der Waals surface area contributed by atoms with Crippen LogP contribution < -0.4 is 0 Å². The van der Waals surface area contributed by atoms with Gasteiger partial charge >= 0.3 is 0 Å². The van der Waals surface area contributed by atoms with E-state index in [1.165, 1.54) is 164 Å². The second-order valence-electron chi connectivity index (χ2n) is 13.9. The van der Waals surface area contributed by atoms with Gasteiger partial charge in [0.1, 0.15) is 5.82 Å². The number of unbranched alkanes of at least 4 members (excludes halogenated alkanes) is 18. The molecule has 1 N–H and O–H groups in total. The summed E-state index contributed by atoms with van der Waals surface area (Å²) in [6.45, 7) is 4.59. The lowest BCUT2D eigenvalue weighted by atomic mass is 9.99. The maximum absolute atomic E-state index is 5.16. The fourth-order valence-electron chi connectivity index (χ4n) is 6.82. The van der Waals surface area contributed by atoms with Crippen molar-refractivity contribution in [3.8, 4) is 33.9 Å². The highest BCUT2D eigenvalue weighted by Crippen LogP contribution is 2.33. The molecule has 0 spiro atoms. The molecular weight excluding hydrogens is 569 g/mol. The standard InChI is InChI=1S/C45H64N2/c1-3-5-7-9-11-13-15-17-19-22-26-38-30-34-40(35-31-38)43-44(47-45(46-43)42-28-24-21-25-29-42)41-36-32-39(33-37-41)27-23-20-18-16-14-12-10-8-6-4-2/h21,24-25,28-37H,3-20,22-23,26-27H2,1-2H3,(H,46,47). The molecule has 0 fully saturated rings. The van der Waals surface area contributed by atoms with E-state index in [-0.39, 0.29) is 0 Å². The van der Waals surface area contributed by atoms with Gasteiger partial charge in [0.25, 0.3) is 0 Å². The summed E-state index contributed by atoms with van der Waals surface area (Å²) in [4.78, 5) is 8.85. The number of imidazole rings is 1. The fourth-order valence-corrected chi connectivity index (χ4v) is 6.82. The van der Waals surface area contributed by atoms with E-state index in [9.17, 15) is 0 Å². The average molecular weight is 633 g/mol. The second-order valence-corrected chi connectivity index (χ2v) is 13.9. The number of hydrogen-bond acceptors (Lipinski definition) is 1. The number of aromatic nitrogens is 2. The third-order valence-electron chi connectivity index (χ3n) is 9.86. The summed E-state index contributed by atoms with van der Waals surface area (Å²) in [5.41, 5.74) is 8.53. The van der Waals surface area contributed by atoms with E-state index in [1.54, 1.807) is 0 Å². The predicted octanol–water partition coefficient (Wildman–Crippen LogP) is 14.3. The maximum Gasteiger partial charge on any atom is 0.138 e. The SMILES string of the molecule is CCCCCCCCCCCCc1ccc(-c2nc(-c3ccccc3)[nH]c2-c2ccc(CCCCCCCCCCCC)cc2)cc1. The van der Waals surface area contributed by atoms with Gasteiger partial charge in [0, 0.05) is 16.7 Å². The lowest BCUT2D eigenvalue weighted by Gasteiger charge is -2.07. The van der Waals surface area contributed by atoms with E-state index < -0.39 is 0 Å². The number of nitrogens with zero attached hydrogens (tertiary/aromatic N) is 1. The molecule has 0 aliphatic carbocycles. The van der Waals surface area contributed by atoms with Crippen LogP contribution in [0.15, 0.2) is 78.9 Å². The second kappa shape index (κ2) is 22.4. The van der Waals surface area contributed by atoms with Crippen molar-refractivity contribution in [2.45, 2.75) is 155 Å². The van der Waals surface area contributed by atoms with Crippen LogP contribution in [0.1, 0.15) is 153 Å². The first kappa shape index (κ1) is 36.7. The van der Waals surface area contributed by atoms with Crippen molar-refractivity contribution in [3.05, 3.63) is 90.0 Å². The molecule has 4 aromatic rings. The van der Waals surface area contributed by atoms with E-state index in [1.807, 2.05) is 0 Å². The Morgan fingerprint density at radius 1 is 0.404 bits per heavy atom. The summed E-state index contributed by atoms with van der Waals surface area (Å²) in [6.07, 6.45) is 30.0. The van der Waals surface area contributed by atoms with E-state index in [0.717, 1.165) is 22.8 Å². The molecule has 1 aromatic heterocycles. The average Bonchev–Trinajstić information content (AvgIpc) is 3.56. The minimum atomic E-state index is 0.930. The van der Waals surface area contributed by atoms with Crippen molar-refractivity contribution >= 4 is 0 Å².